The van der Waals surface area contributed by atoms with Crippen LogP contribution in [0.15, 0.2) is 54.7 Å². The van der Waals surface area contributed by atoms with Crippen LogP contribution >= 0.6 is 0 Å². The fourth-order valence-electron chi connectivity index (χ4n) is 3.00. The lowest BCUT2D eigenvalue weighted by Gasteiger charge is -2.22. The second kappa shape index (κ2) is 6.51. The molecule has 0 bridgehead atoms. The molecule has 0 aliphatic heterocycles. The van der Waals surface area contributed by atoms with E-state index in [2.05, 4.69) is 9.97 Å². The van der Waals surface area contributed by atoms with Crippen LogP contribution in [0.25, 0.3) is 10.8 Å². The summed E-state index contributed by atoms with van der Waals surface area (Å²) in [5, 5.41) is 1.86. The Bertz CT molecular complexity index is 907. The number of pyridine rings is 2. The third-order valence-corrected chi connectivity index (χ3v) is 4.42. The molecule has 0 atom stereocenters. The molecule has 5 nitrogen and oxygen atoms in total. The van der Waals surface area contributed by atoms with Crippen molar-refractivity contribution in [1.29, 1.82) is 0 Å². The smallest absolute Gasteiger partial charge is 0.273 e. The third kappa shape index (κ3) is 3.18. The minimum Gasteiger partial charge on any atom is -0.481 e. The number of aromatic nitrogens is 2. The van der Waals surface area contributed by atoms with E-state index in [-0.39, 0.29) is 11.9 Å². The molecule has 1 aliphatic rings. The van der Waals surface area contributed by atoms with Crippen LogP contribution in [-0.2, 0) is 6.54 Å². The Balaban J connectivity index is 1.69. The standard InChI is InChI=1S/C20H19N3O2/c1-25-19-17-8-3-2-6-14(17)12-18(22-19)20(24)23(16-9-10-16)13-15-7-4-5-11-21-15/h2-8,11-12,16H,9-10,13H2,1H3. The van der Waals surface area contributed by atoms with Crippen molar-refractivity contribution in [3.05, 3.63) is 66.1 Å². The van der Waals surface area contributed by atoms with E-state index in [1.165, 1.54) is 0 Å². The van der Waals surface area contributed by atoms with Crippen LogP contribution in [0.1, 0.15) is 29.0 Å². The van der Waals surface area contributed by atoms with E-state index < -0.39 is 0 Å². The molecule has 2 aromatic heterocycles. The first-order valence-electron chi connectivity index (χ1n) is 8.41. The lowest BCUT2D eigenvalue weighted by Crippen LogP contribution is -2.33. The summed E-state index contributed by atoms with van der Waals surface area (Å²) >= 11 is 0. The predicted octanol–water partition coefficient (Wildman–Crippen LogP) is 3.44. The highest BCUT2D eigenvalue weighted by atomic mass is 16.5. The Hall–Kier alpha value is -2.95. The monoisotopic (exact) mass is 333 g/mol. The molecule has 1 saturated carbocycles. The van der Waals surface area contributed by atoms with Crippen molar-refractivity contribution in [2.75, 3.05) is 7.11 Å². The van der Waals surface area contributed by atoms with Gasteiger partial charge in [0.1, 0.15) is 5.69 Å². The van der Waals surface area contributed by atoms with Crippen LogP contribution in [0.2, 0.25) is 0 Å². The molecule has 4 rings (SSSR count). The Kier molecular flexibility index (Phi) is 4.06. The molecular formula is C20H19N3O2. The van der Waals surface area contributed by atoms with Gasteiger partial charge < -0.3 is 9.64 Å². The molecule has 3 aromatic rings. The van der Waals surface area contributed by atoms with Gasteiger partial charge in [0.2, 0.25) is 5.88 Å². The van der Waals surface area contributed by atoms with E-state index >= 15 is 0 Å². The summed E-state index contributed by atoms with van der Waals surface area (Å²) in [7, 11) is 1.58. The zero-order valence-corrected chi connectivity index (χ0v) is 14.1. The topological polar surface area (TPSA) is 55.3 Å². The van der Waals surface area contributed by atoms with Crippen molar-refractivity contribution < 1.29 is 9.53 Å². The molecule has 126 valence electrons. The lowest BCUT2D eigenvalue weighted by molar-refractivity contribution is 0.0721. The zero-order valence-electron chi connectivity index (χ0n) is 14.1. The molecule has 1 aliphatic carbocycles. The van der Waals surface area contributed by atoms with E-state index in [0.29, 0.717) is 18.1 Å². The van der Waals surface area contributed by atoms with Crippen LogP contribution in [0.4, 0.5) is 0 Å². The Labute approximate surface area is 146 Å². The van der Waals surface area contributed by atoms with Crippen LogP contribution in [0.3, 0.4) is 0 Å². The maximum absolute atomic E-state index is 13.1. The number of methoxy groups -OCH3 is 1. The van der Waals surface area contributed by atoms with E-state index in [1.54, 1.807) is 13.3 Å². The van der Waals surface area contributed by atoms with E-state index in [1.807, 2.05) is 53.4 Å². The minimum absolute atomic E-state index is 0.0720. The van der Waals surface area contributed by atoms with Crippen molar-refractivity contribution in [2.45, 2.75) is 25.4 Å². The first-order chi connectivity index (χ1) is 12.3. The van der Waals surface area contributed by atoms with Gasteiger partial charge in [-0.05, 0) is 42.5 Å². The molecular weight excluding hydrogens is 314 g/mol. The molecule has 0 radical (unpaired) electrons. The van der Waals surface area contributed by atoms with Gasteiger partial charge in [-0.15, -0.1) is 0 Å². The summed E-state index contributed by atoms with van der Waals surface area (Å²) in [4.78, 5) is 23.8. The summed E-state index contributed by atoms with van der Waals surface area (Å²) in [6, 6.07) is 15.7. The molecule has 0 unspecified atom stereocenters. The van der Waals surface area contributed by atoms with Gasteiger partial charge in [-0.1, -0.05) is 24.3 Å². The third-order valence-electron chi connectivity index (χ3n) is 4.42. The van der Waals surface area contributed by atoms with Crippen molar-refractivity contribution in [1.82, 2.24) is 14.9 Å². The quantitative estimate of drug-likeness (QED) is 0.718. The SMILES string of the molecule is COc1nc(C(=O)N(Cc2ccccn2)C2CC2)cc2ccccc12. The Morgan fingerprint density at radius 1 is 1.20 bits per heavy atom. The van der Waals surface area contributed by atoms with Gasteiger partial charge in [-0.3, -0.25) is 9.78 Å². The average Bonchev–Trinajstić information content (AvgIpc) is 3.50. The number of amides is 1. The first-order valence-corrected chi connectivity index (χ1v) is 8.41. The van der Waals surface area contributed by atoms with Gasteiger partial charge in [0.15, 0.2) is 0 Å². The number of fused-ring (bicyclic) bond motifs is 1. The van der Waals surface area contributed by atoms with E-state index in [4.69, 9.17) is 4.74 Å². The fraction of sp³-hybridized carbons (Fsp3) is 0.250. The Morgan fingerprint density at radius 2 is 2.00 bits per heavy atom. The fourth-order valence-corrected chi connectivity index (χ4v) is 3.00. The zero-order chi connectivity index (χ0) is 17.2. The normalized spacial score (nSPS) is 13.6. The molecule has 1 amide bonds. The number of carbonyl (C=O) groups excluding carboxylic acids is 1. The van der Waals surface area contributed by atoms with Crippen LogP contribution in [0.5, 0.6) is 5.88 Å². The van der Waals surface area contributed by atoms with Crippen molar-refractivity contribution in [2.24, 2.45) is 0 Å². The summed E-state index contributed by atoms with van der Waals surface area (Å²) in [6.45, 7) is 0.501. The number of rotatable bonds is 5. The summed E-state index contributed by atoms with van der Waals surface area (Å²) in [6.07, 6.45) is 3.81. The summed E-state index contributed by atoms with van der Waals surface area (Å²) < 4.78 is 5.40. The van der Waals surface area contributed by atoms with Gasteiger partial charge >= 0.3 is 0 Å². The number of hydrogen-bond donors (Lipinski definition) is 0. The number of ether oxygens (including phenoxy) is 1. The van der Waals surface area contributed by atoms with Crippen LogP contribution < -0.4 is 4.74 Å². The van der Waals surface area contributed by atoms with Crippen molar-refractivity contribution in [3.63, 3.8) is 0 Å². The highest BCUT2D eigenvalue weighted by molar-refractivity contribution is 5.98. The lowest BCUT2D eigenvalue weighted by atomic mass is 10.1. The summed E-state index contributed by atoms with van der Waals surface area (Å²) in [5.41, 5.74) is 1.30. The van der Waals surface area contributed by atoms with Gasteiger partial charge in [0.05, 0.1) is 19.3 Å². The second-order valence-electron chi connectivity index (χ2n) is 6.22. The minimum atomic E-state index is -0.0720. The largest absolute Gasteiger partial charge is 0.481 e. The number of nitrogens with zero attached hydrogens (tertiary/aromatic N) is 3. The predicted molar refractivity (Wildman–Crippen MR) is 95.4 cm³/mol. The molecule has 1 fully saturated rings. The Morgan fingerprint density at radius 3 is 2.72 bits per heavy atom. The van der Waals surface area contributed by atoms with Gasteiger partial charge in [0, 0.05) is 17.6 Å². The highest BCUT2D eigenvalue weighted by Gasteiger charge is 2.34. The molecule has 0 N–H and O–H groups in total. The second-order valence-corrected chi connectivity index (χ2v) is 6.22. The van der Waals surface area contributed by atoms with E-state index in [9.17, 15) is 4.79 Å². The number of carbonyl (C=O) groups is 1. The molecule has 2 heterocycles. The van der Waals surface area contributed by atoms with E-state index in [0.717, 1.165) is 29.3 Å². The van der Waals surface area contributed by atoms with Gasteiger partial charge in [-0.2, -0.15) is 0 Å². The number of benzene rings is 1. The molecule has 5 heteroatoms. The van der Waals surface area contributed by atoms with Crippen molar-refractivity contribution >= 4 is 16.7 Å². The maximum Gasteiger partial charge on any atom is 0.273 e. The average molecular weight is 333 g/mol. The van der Waals surface area contributed by atoms with Crippen LogP contribution in [0, 0.1) is 0 Å². The molecule has 0 spiro atoms. The first kappa shape index (κ1) is 15.6. The number of hydrogen-bond acceptors (Lipinski definition) is 4. The molecule has 0 saturated heterocycles. The maximum atomic E-state index is 13.1. The molecule has 25 heavy (non-hydrogen) atoms. The van der Waals surface area contributed by atoms with Gasteiger partial charge in [0.25, 0.3) is 5.91 Å². The molecule has 1 aromatic carbocycles. The van der Waals surface area contributed by atoms with Gasteiger partial charge in [-0.25, -0.2) is 4.98 Å². The highest BCUT2D eigenvalue weighted by Crippen LogP contribution is 2.31. The van der Waals surface area contributed by atoms with Crippen LogP contribution in [-0.4, -0.2) is 33.9 Å². The summed E-state index contributed by atoms with van der Waals surface area (Å²) in [5.74, 6) is 0.409. The van der Waals surface area contributed by atoms with Crippen molar-refractivity contribution in [3.8, 4) is 5.88 Å².